The van der Waals surface area contributed by atoms with Gasteiger partial charge in [0.05, 0.1) is 5.69 Å². The van der Waals surface area contributed by atoms with E-state index in [1.807, 2.05) is 18.2 Å². The van der Waals surface area contributed by atoms with Gasteiger partial charge in [-0.15, -0.1) is 0 Å². The summed E-state index contributed by atoms with van der Waals surface area (Å²) in [5.74, 6) is 1.70. The third-order valence-electron chi connectivity index (χ3n) is 1.91. The fourth-order valence-electron chi connectivity index (χ4n) is 1.25. The van der Waals surface area contributed by atoms with Crippen molar-refractivity contribution in [3.63, 3.8) is 0 Å². The van der Waals surface area contributed by atoms with Crippen molar-refractivity contribution in [2.75, 3.05) is 11.9 Å². The zero-order valence-corrected chi connectivity index (χ0v) is 9.79. The molecule has 0 amide bonds. The molecule has 0 saturated heterocycles. The van der Waals surface area contributed by atoms with Gasteiger partial charge in [-0.3, -0.25) is 5.10 Å². The minimum Gasteiger partial charge on any atom is -0.370 e. The molecule has 0 aliphatic carbocycles. The normalized spacial score (nSPS) is 10.3. The fourth-order valence-corrected chi connectivity index (χ4v) is 1.93. The zero-order chi connectivity index (χ0) is 11.2. The molecule has 0 aliphatic rings. The monoisotopic (exact) mass is 235 g/mol. The predicted molar refractivity (Wildman–Crippen MR) is 64.3 cm³/mol. The lowest BCUT2D eigenvalue weighted by Crippen LogP contribution is -2.00. The van der Waals surface area contributed by atoms with Crippen LogP contribution in [-0.4, -0.2) is 26.7 Å². The highest BCUT2D eigenvalue weighted by Gasteiger charge is 2.00. The van der Waals surface area contributed by atoms with Gasteiger partial charge in [0.2, 0.25) is 0 Å². The van der Waals surface area contributed by atoms with Crippen LogP contribution in [0, 0.1) is 0 Å². The molecule has 0 bridgehead atoms. The van der Waals surface area contributed by atoms with Crippen LogP contribution in [-0.2, 0) is 5.75 Å². The largest absolute Gasteiger partial charge is 0.370 e. The molecule has 0 fully saturated rings. The summed E-state index contributed by atoms with van der Waals surface area (Å²) in [6, 6.07) is 5.97. The first-order valence-corrected chi connectivity index (χ1v) is 6.05. The second-order valence-electron chi connectivity index (χ2n) is 3.12. The fraction of sp³-hybridized carbons (Fsp3) is 0.300. The third kappa shape index (κ3) is 2.96. The maximum atomic E-state index is 4.47. The second-order valence-corrected chi connectivity index (χ2v) is 4.09. The van der Waals surface area contributed by atoms with Crippen molar-refractivity contribution in [1.29, 1.82) is 0 Å². The molecule has 2 heterocycles. The van der Waals surface area contributed by atoms with Crippen LogP contribution in [0.25, 0.3) is 0 Å². The lowest BCUT2D eigenvalue weighted by atomic mass is 10.4. The van der Waals surface area contributed by atoms with Crippen molar-refractivity contribution in [3.05, 3.63) is 30.2 Å². The van der Waals surface area contributed by atoms with Gasteiger partial charge in [-0.2, -0.15) is 5.10 Å². The van der Waals surface area contributed by atoms with Gasteiger partial charge < -0.3 is 5.32 Å². The number of anilines is 1. The SMILES string of the molecule is CCNc1cccc(CSc2ncn[nH]2)n1. The van der Waals surface area contributed by atoms with E-state index in [9.17, 15) is 0 Å². The summed E-state index contributed by atoms with van der Waals surface area (Å²) < 4.78 is 0. The van der Waals surface area contributed by atoms with Crippen molar-refractivity contribution in [1.82, 2.24) is 20.2 Å². The molecule has 2 rings (SSSR count). The number of nitrogens with one attached hydrogen (secondary N) is 2. The maximum absolute atomic E-state index is 4.47. The summed E-state index contributed by atoms with van der Waals surface area (Å²) >= 11 is 1.59. The molecule has 0 saturated carbocycles. The van der Waals surface area contributed by atoms with Gasteiger partial charge >= 0.3 is 0 Å². The van der Waals surface area contributed by atoms with Crippen molar-refractivity contribution < 1.29 is 0 Å². The Balaban J connectivity index is 1.96. The Hall–Kier alpha value is -1.56. The van der Waals surface area contributed by atoms with E-state index < -0.39 is 0 Å². The first-order chi connectivity index (χ1) is 7.88. The number of nitrogens with zero attached hydrogens (tertiary/aromatic N) is 3. The van der Waals surface area contributed by atoms with E-state index in [0.29, 0.717) is 0 Å². The number of aromatic nitrogens is 4. The Morgan fingerprint density at radius 3 is 3.12 bits per heavy atom. The number of thioether (sulfide) groups is 1. The van der Waals surface area contributed by atoms with Crippen LogP contribution in [0.15, 0.2) is 29.7 Å². The quantitative estimate of drug-likeness (QED) is 0.775. The summed E-state index contributed by atoms with van der Waals surface area (Å²) in [7, 11) is 0. The maximum Gasteiger partial charge on any atom is 0.183 e. The molecule has 0 radical (unpaired) electrons. The Labute approximate surface area is 98.1 Å². The molecule has 0 aromatic carbocycles. The van der Waals surface area contributed by atoms with Crippen LogP contribution in [0.5, 0.6) is 0 Å². The molecule has 84 valence electrons. The van der Waals surface area contributed by atoms with Gasteiger partial charge in [-0.1, -0.05) is 17.8 Å². The predicted octanol–water partition coefficient (Wildman–Crippen LogP) is 1.92. The van der Waals surface area contributed by atoms with Gasteiger partial charge in [0.25, 0.3) is 0 Å². The molecule has 6 heteroatoms. The average Bonchev–Trinajstić information content (AvgIpc) is 2.80. The van der Waals surface area contributed by atoms with E-state index in [-0.39, 0.29) is 0 Å². The van der Waals surface area contributed by atoms with Crippen LogP contribution < -0.4 is 5.32 Å². The highest BCUT2D eigenvalue weighted by Crippen LogP contribution is 2.17. The Bertz CT molecular complexity index is 429. The van der Waals surface area contributed by atoms with Crippen LogP contribution in [0.1, 0.15) is 12.6 Å². The van der Waals surface area contributed by atoms with Gasteiger partial charge in [0, 0.05) is 12.3 Å². The Morgan fingerprint density at radius 2 is 2.38 bits per heavy atom. The number of pyridine rings is 1. The molecule has 2 aromatic rings. The molecular weight excluding hydrogens is 222 g/mol. The van der Waals surface area contributed by atoms with Gasteiger partial charge in [0.1, 0.15) is 12.1 Å². The van der Waals surface area contributed by atoms with Crippen molar-refractivity contribution >= 4 is 17.6 Å². The van der Waals surface area contributed by atoms with Crippen molar-refractivity contribution in [3.8, 4) is 0 Å². The van der Waals surface area contributed by atoms with E-state index >= 15 is 0 Å². The minimum absolute atomic E-state index is 0.786. The molecule has 0 atom stereocenters. The van der Waals surface area contributed by atoms with E-state index in [1.165, 1.54) is 6.33 Å². The molecule has 2 aromatic heterocycles. The first-order valence-electron chi connectivity index (χ1n) is 5.06. The van der Waals surface area contributed by atoms with Crippen LogP contribution in [0.2, 0.25) is 0 Å². The number of aromatic amines is 1. The van der Waals surface area contributed by atoms with E-state index in [1.54, 1.807) is 11.8 Å². The summed E-state index contributed by atoms with van der Waals surface area (Å²) in [6.45, 7) is 2.93. The number of H-pyrrole nitrogens is 1. The van der Waals surface area contributed by atoms with Gasteiger partial charge in [0.15, 0.2) is 5.16 Å². The molecular formula is C10H13N5S. The third-order valence-corrected chi connectivity index (χ3v) is 2.82. The molecule has 16 heavy (non-hydrogen) atoms. The second kappa shape index (κ2) is 5.50. The van der Waals surface area contributed by atoms with Crippen LogP contribution in [0.3, 0.4) is 0 Å². The van der Waals surface area contributed by atoms with Gasteiger partial charge in [-0.25, -0.2) is 9.97 Å². The Morgan fingerprint density at radius 1 is 1.44 bits per heavy atom. The molecule has 0 aliphatic heterocycles. The highest BCUT2D eigenvalue weighted by atomic mass is 32.2. The summed E-state index contributed by atoms with van der Waals surface area (Å²) in [4.78, 5) is 8.51. The number of rotatable bonds is 5. The molecule has 0 spiro atoms. The number of hydrogen-bond donors (Lipinski definition) is 2. The van der Waals surface area contributed by atoms with Gasteiger partial charge in [-0.05, 0) is 19.1 Å². The minimum atomic E-state index is 0.786. The van der Waals surface area contributed by atoms with Crippen molar-refractivity contribution in [2.45, 2.75) is 17.8 Å². The molecule has 5 nitrogen and oxygen atoms in total. The summed E-state index contributed by atoms with van der Waals surface area (Å²) in [5, 5.41) is 10.6. The highest BCUT2D eigenvalue weighted by molar-refractivity contribution is 7.98. The van der Waals surface area contributed by atoms with E-state index in [2.05, 4.69) is 32.4 Å². The molecule has 2 N–H and O–H groups in total. The molecule has 0 unspecified atom stereocenters. The lowest BCUT2D eigenvalue weighted by Gasteiger charge is -2.04. The number of hydrogen-bond acceptors (Lipinski definition) is 5. The smallest absolute Gasteiger partial charge is 0.183 e. The topological polar surface area (TPSA) is 66.5 Å². The first kappa shape index (κ1) is 10.9. The van der Waals surface area contributed by atoms with E-state index in [4.69, 9.17) is 0 Å². The standard InChI is InChI=1S/C10H13N5S/c1-2-11-9-5-3-4-8(14-9)6-16-10-12-7-13-15-10/h3-5,7H,2,6H2,1H3,(H,11,14)(H,12,13,15). The van der Waals surface area contributed by atoms with Crippen molar-refractivity contribution in [2.24, 2.45) is 0 Å². The summed E-state index contributed by atoms with van der Waals surface area (Å²) in [5.41, 5.74) is 1.03. The average molecular weight is 235 g/mol. The zero-order valence-electron chi connectivity index (χ0n) is 8.97. The van der Waals surface area contributed by atoms with E-state index in [0.717, 1.165) is 29.0 Å². The lowest BCUT2D eigenvalue weighted by molar-refractivity contribution is 0.971. The summed E-state index contributed by atoms with van der Waals surface area (Å²) in [6.07, 6.45) is 1.50. The van der Waals surface area contributed by atoms with Crippen LogP contribution >= 0.6 is 11.8 Å². The van der Waals surface area contributed by atoms with Crippen LogP contribution in [0.4, 0.5) is 5.82 Å². The Kier molecular flexibility index (Phi) is 3.76.